The van der Waals surface area contributed by atoms with E-state index in [2.05, 4.69) is 47.1 Å². The number of thiophene rings is 1. The fourth-order valence-corrected chi connectivity index (χ4v) is 3.94. The molecular formula is C14H15BrClNS. The van der Waals surface area contributed by atoms with E-state index in [1.54, 1.807) is 11.3 Å². The van der Waals surface area contributed by atoms with Crippen LogP contribution in [-0.2, 0) is 0 Å². The van der Waals surface area contributed by atoms with Gasteiger partial charge in [0.1, 0.15) is 0 Å². The molecule has 1 aromatic carbocycles. The Kier molecular flexibility index (Phi) is 4.84. The van der Waals surface area contributed by atoms with Gasteiger partial charge in [-0.05, 0) is 34.0 Å². The highest BCUT2D eigenvalue weighted by molar-refractivity contribution is 9.11. The summed E-state index contributed by atoms with van der Waals surface area (Å²) in [4.78, 5) is 1.13. The van der Waals surface area contributed by atoms with Crippen LogP contribution >= 0.6 is 38.9 Å². The van der Waals surface area contributed by atoms with Crippen LogP contribution in [0.15, 0.2) is 40.2 Å². The van der Waals surface area contributed by atoms with E-state index < -0.39 is 0 Å². The highest BCUT2D eigenvalue weighted by Crippen LogP contribution is 2.40. The highest BCUT2D eigenvalue weighted by atomic mass is 79.9. The molecule has 96 valence electrons. The molecule has 2 unspecified atom stereocenters. The van der Waals surface area contributed by atoms with E-state index in [-0.39, 0.29) is 6.04 Å². The Balaban J connectivity index is 2.28. The maximum atomic E-state index is 6.39. The van der Waals surface area contributed by atoms with Crippen molar-refractivity contribution in [2.45, 2.75) is 25.3 Å². The van der Waals surface area contributed by atoms with Crippen LogP contribution in [0.3, 0.4) is 0 Å². The second kappa shape index (κ2) is 6.20. The van der Waals surface area contributed by atoms with Gasteiger partial charge in [-0.1, -0.05) is 48.9 Å². The van der Waals surface area contributed by atoms with Crippen LogP contribution in [0.1, 0.15) is 35.7 Å². The van der Waals surface area contributed by atoms with Crippen LogP contribution in [0.4, 0.5) is 0 Å². The quantitative estimate of drug-likeness (QED) is 0.794. The molecule has 0 saturated heterocycles. The zero-order chi connectivity index (χ0) is 13.1. The van der Waals surface area contributed by atoms with Crippen molar-refractivity contribution >= 4 is 38.9 Å². The number of hydrogen-bond donors (Lipinski definition) is 1. The third-order valence-corrected chi connectivity index (χ3v) is 5.67. The van der Waals surface area contributed by atoms with Gasteiger partial charge < -0.3 is 5.73 Å². The molecule has 4 heteroatoms. The molecule has 0 radical (unpaired) electrons. The van der Waals surface area contributed by atoms with E-state index in [1.165, 1.54) is 5.56 Å². The molecule has 2 aromatic rings. The Hall–Kier alpha value is -0.350. The van der Waals surface area contributed by atoms with Crippen LogP contribution in [0.25, 0.3) is 0 Å². The normalized spacial score (nSPS) is 14.4. The Labute approximate surface area is 125 Å². The summed E-state index contributed by atoms with van der Waals surface area (Å²) >= 11 is 11.1. The van der Waals surface area contributed by atoms with E-state index in [0.29, 0.717) is 5.92 Å². The van der Waals surface area contributed by atoms with Crippen molar-refractivity contribution in [3.8, 4) is 0 Å². The van der Waals surface area contributed by atoms with Gasteiger partial charge >= 0.3 is 0 Å². The minimum absolute atomic E-state index is 0.00815. The monoisotopic (exact) mass is 343 g/mol. The highest BCUT2D eigenvalue weighted by Gasteiger charge is 2.22. The molecule has 1 heterocycles. The van der Waals surface area contributed by atoms with E-state index in [1.807, 2.05) is 12.1 Å². The van der Waals surface area contributed by atoms with Crippen LogP contribution in [0, 0.1) is 0 Å². The summed E-state index contributed by atoms with van der Waals surface area (Å²) < 4.78 is 0.956. The van der Waals surface area contributed by atoms with Gasteiger partial charge in [-0.2, -0.15) is 0 Å². The molecule has 0 spiro atoms. The van der Waals surface area contributed by atoms with Crippen LogP contribution in [0.2, 0.25) is 5.02 Å². The van der Waals surface area contributed by atoms with Gasteiger partial charge in [-0.25, -0.2) is 0 Å². The molecule has 0 aliphatic carbocycles. The van der Waals surface area contributed by atoms with Crippen LogP contribution in [-0.4, -0.2) is 0 Å². The van der Waals surface area contributed by atoms with E-state index in [9.17, 15) is 0 Å². The number of halogens is 2. The zero-order valence-corrected chi connectivity index (χ0v) is 13.2. The maximum Gasteiger partial charge on any atom is 0.0887 e. The predicted octanol–water partition coefficient (Wildman–Crippen LogP) is 5.36. The summed E-state index contributed by atoms with van der Waals surface area (Å²) in [5.41, 5.74) is 7.68. The van der Waals surface area contributed by atoms with E-state index >= 15 is 0 Å². The Bertz CT molecular complexity index is 492. The molecule has 1 nitrogen and oxygen atoms in total. The third-order valence-electron chi connectivity index (χ3n) is 3.09. The lowest BCUT2D eigenvalue weighted by Gasteiger charge is -2.22. The van der Waals surface area contributed by atoms with Crippen molar-refractivity contribution in [3.05, 3.63) is 55.6 Å². The summed E-state index contributed by atoms with van der Waals surface area (Å²) in [6.45, 7) is 2.17. The van der Waals surface area contributed by atoms with Crippen molar-refractivity contribution in [3.63, 3.8) is 0 Å². The number of nitrogens with two attached hydrogens (primary N) is 1. The number of benzene rings is 1. The molecule has 1 aromatic heterocycles. The first-order chi connectivity index (χ1) is 8.63. The molecule has 0 saturated carbocycles. The van der Waals surface area contributed by atoms with Crippen molar-refractivity contribution in [1.82, 2.24) is 0 Å². The lowest BCUT2D eigenvalue weighted by atomic mass is 9.89. The molecule has 2 rings (SSSR count). The Morgan fingerprint density at radius 3 is 2.50 bits per heavy atom. The van der Waals surface area contributed by atoms with Gasteiger partial charge in [-0.3, -0.25) is 0 Å². The molecule has 0 bridgehead atoms. The molecule has 2 atom stereocenters. The van der Waals surface area contributed by atoms with Crippen LogP contribution < -0.4 is 5.73 Å². The van der Waals surface area contributed by atoms with Crippen LogP contribution in [0.5, 0.6) is 0 Å². The zero-order valence-electron chi connectivity index (χ0n) is 10.1. The Morgan fingerprint density at radius 1 is 1.33 bits per heavy atom. The van der Waals surface area contributed by atoms with E-state index in [0.717, 1.165) is 20.1 Å². The first-order valence-corrected chi connectivity index (χ1v) is 7.87. The largest absolute Gasteiger partial charge is 0.323 e. The van der Waals surface area contributed by atoms with Gasteiger partial charge in [-0.15, -0.1) is 11.3 Å². The summed E-state index contributed by atoms with van der Waals surface area (Å²) in [5, 5.41) is 0.744. The van der Waals surface area contributed by atoms with Crippen molar-refractivity contribution in [1.29, 1.82) is 0 Å². The molecule has 0 amide bonds. The molecule has 0 aliphatic rings. The van der Waals surface area contributed by atoms with Gasteiger partial charge in [0, 0.05) is 16.8 Å². The second-order valence-electron chi connectivity index (χ2n) is 4.22. The average Bonchev–Trinajstić information content (AvgIpc) is 2.72. The van der Waals surface area contributed by atoms with Gasteiger partial charge in [0.15, 0.2) is 0 Å². The molecular weight excluding hydrogens is 330 g/mol. The molecule has 0 aliphatic heterocycles. The molecule has 2 N–H and O–H groups in total. The van der Waals surface area contributed by atoms with Crippen molar-refractivity contribution < 1.29 is 0 Å². The third kappa shape index (κ3) is 2.97. The smallest absolute Gasteiger partial charge is 0.0887 e. The number of rotatable bonds is 4. The van der Waals surface area contributed by atoms with Gasteiger partial charge in [0.2, 0.25) is 0 Å². The minimum atomic E-state index is -0.00815. The standard InChI is InChI=1S/C14H15BrClNS/c1-2-10(9-6-4-3-5-7-9)13(17)12-8-11(16)14(15)18-12/h3-8,10,13H,2,17H2,1H3. The van der Waals surface area contributed by atoms with Crippen molar-refractivity contribution in [2.75, 3.05) is 0 Å². The second-order valence-corrected chi connectivity index (χ2v) is 7.03. The van der Waals surface area contributed by atoms with Gasteiger partial charge in [0.25, 0.3) is 0 Å². The molecule has 18 heavy (non-hydrogen) atoms. The lowest BCUT2D eigenvalue weighted by molar-refractivity contribution is 0.546. The van der Waals surface area contributed by atoms with E-state index in [4.69, 9.17) is 17.3 Å². The number of hydrogen-bond acceptors (Lipinski definition) is 2. The first-order valence-electron chi connectivity index (χ1n) is 5.88. The first kappa shape index (κ1) is 14.1. The summed E-state index contributed by atoms with van der Waals surface area (Å²) in [7, 11) is 0. The predicted molar refractivity (Wildman–Crippen MR) is 83.4 cm³/mol. The van der Waals surface area contributed by atoms with Crippen molar-refractivity contribution in [2.24, 2.45) is 5.73 Å². The summed E-state index contributed by atoms with van der Waals surface area (Å²) in [6, 6.07) is 12.4. The lowest BCUT2D eigenvalue weighted by Crippen LogP contribution is -2.18. The summed E-state index contributed by atoms with van der Waals surface area (Å²) in [6.07, 6.45) is 1.01. The molecule has 0 fully saturated rings. The maximum absolute atomic E-state index is 6.39. The SMILES string of the molecule is CCC(c1ccccc1)C(N)c1cc(Cl)c(Br)s1. The fraction of sp³-hybridized carbons (Fsp3) is 0.286. The van der Waals surface area contributed by atoms with Gasteiger partial charge in [0.05, 0.1) is 8.81 Å². The average molecular weight is 345 g/mol. The fourth-order valence-electron chi connectivity index (χ4n) is 2.12. The Morgan fingerprint density at radius 2 is 2.00 bits per heavy atom. The minimum Gasteiger partial charge on any atom is -0.323 e. The topological polar surface area (TPSA) is 26.0 Å². The summed E-state index contributed by atoms with van der Waals surface area (Å²) in [5.74, 6) is 0.327.